The molecule has 2 rings (SSSR count). The fourth-order valence-electron chi connectivity index (χ4n) is 2.25. The van der Waals surface area contributed by atoms with E-state index < -0.39 is 0 Å². The van der Waals surface area contributed by atoms with Gasteiger partial charge in [0.05, 0.1) is 12.8 Å². The minimum absolute atomic E-state index is 0.159. The van der Waals surface area contributed by atoms with Gasteiger partial charge in [0.1, 0.15) is 11.6 Å². The third-order valence-corrected chi connectivity index (χ3v) is 3.29. The summed E-state index contributed by atoms with van der Waals surface area (Å²) in [5.74, 6) is 0.746. The van der Waals surface area contributed by atoms with Crippen LogP contribution in [0.4, 0.5) is 4.39 Å². The quantitative estimate of drug-likeness (QED) is 0.754. The first kappa shape index (κ1) is 15.7. The molecule has 0 aliphatic heterocycles. The topological polar surface area (TPSA) is 28.4 Å². The second-order valence-electron chi connectivity index (χ2n) is 5.36. The molecule has 21 heavy (non-hydrogen) atoms. The highest BCUT2D eigenvalue weighted by molar-refractivity contribution is 5.17. The lowest BCUT2D eigenvalue weighted by Crippen LogP contribution is -2.17. The zero-order valence-electron chi connectivity index (χ0n) is 12.7. The van der Waals surface area contributed by atoms with Crippen molar-refractivity contribution in [3.05, 3.63) is 59.3 Å². The third-order valence-electron chi connectivity index (χ3n) is 3.29. The molecule has 1 aromatic carbocycles. The van der Waals surface area contributed by atoms with Crippen molar-refractivity contribution in [3.8, 4) is 0 Å². The molecule has 0 radical (unpaired) electrons. The van der Waals surface area contributed by atoms with E-state index in [-0.39, 0.29) is 5.82 Å². The van der Waals surface area contributed by atoms with Gasteiger partial charge < -0.3 is 9.73 Å². The van der Waals surface area contributed by atoms with Crippen LogP contribution in [-0.4, -0.2) is 18.5 Å². The van der Waals surface area contributed by atoms with E-state index in [1.54, 1.807) is 12.3 Å². The van der Waals surface area contributed by atoms with Gasteiger partial charge in [-0.1, -0.05) is 25.1 Å². The van der Waals surface area contributed by atoms with Gasteiger partial charge >= 0.3 is 0 Å². The minimum Gasteiger partial charge on any atom is -0.468 e. The van der Waals surface area contributed by atoms with Gasteiger partial charge in [0.2, 0.25) is 0 Å². The Morgan fingerprint density at radius 1 is 1.24 bits per heavy atom. The maximum atomic E-state index is 13.6. The summed E-state index contributed by atoms with van der Waals surface area (Å²) in [6.07, 6.45) is 2.91. The average molecular weight is 290 g/mol. The van der Waals surface area contributed by atoms with Crippen LogP contribution >= 0.6 is 0 Å². The van der Waals surface area contributed by atoms with Gasteiger partial charge in [0.25, 0.3) is 0 Å². The van der Waals surface area contributed by atoms with E-state index in [0.29, 0.717) is 18.7 Å². The number of furan rings is 1. The van der Waals surface area contributed by atoms with Crippen molar-refractivity contribution in [1.82, 2.24) is 10.2 Å². The van der Waals surface area contributed by atoms with E-state index in [1.165, 1.54) is 6.07 Å². The van der Waals surface area contributed by atoms with Gasteiger partial charge in [-0.15, -0.1) is 0 Å². The number of hydrogen-bond acceptors (Lipinski definition) is 3. The molecule has 2 aromatic rings. The molecule has 1 N–H and O–H groups in total. The zero-order valence-corrected chi connectivity index (χ0v) is 12.7. The van der Waals surface area contributed by atoms with Crippen LogP contribution in [0.2, 0.25) is 0 Å². The number of nitrogens with one attached hydrogen (secondary N) is 1. The number of benzene rings is 1. The van der Waals surface area contributed by atoms with Crippen molar-refractivity contribution in [1.29, 1.82) is 0 Å². The van der Waals surface area contributed by atoms with Crippen LogP contribution in [0.25, 0.3) is 0 Å². The van der Waals surface area contributed by atoms with E-state index in [4.69, 9.17) is 4.42 Å². The Labute approximate surface area is 125 Å². The summed E-state index contributed by atoms with van der Waals surface area (Å²) in [5.41, 5.74) is 1.86. The largest absolute Gasteiger partial charge is 0.468 e. The van der Waals surface area contributed by atoms with Gasteiger partial charge in [-0.2, -0.15) is 0 Å². The van der Waals surface area contributed by atoms with Crippen LogP contribution in [0.3, 0.4) is 0 Å². The SMILES string of the molecule is CCCNCc1coc(CN(C)Cc2ccccc2F)c1. The first-order valence-electron chi connectivity index (χ1n) is 7.38. The Bertz CT molecular complexity index is 553. The molecule has 0 fully saturated rings. The molecule has 4 heteroatoms. The van der Waals surface area contributed by atoms with Gasteiger partial charge in [-0.3, -0.25) is 4.90 Å². The van der Waals surface area contributed by atoms with Crippen LogP contribution < -0.4 is 5.32 Å². The molecule has 0 atom stereocenters. The van der Waals surface area contributed by atoms with Crippen molar-refractivity contribution in [3.63, 3.8) is 0 Å². The lowest BCUT2D eigenvalue weighted by Gasteiger charge is -2.15. The van der Waals surface area contributed by atoms with Crippen molar-refractivity contribution in [2.75, 3.05) is 13.6 Å². The van der Waals surface area contributed by atoms with Gasteiger partial charge in [0, 0.05) is 24.2 Å². The van der Waals surface area contributed by atoms with Crippen molar-refractivity contribution >= 4 is 0 Å². The molecule has 0 saturated heterocycles. The molecule has 0 aliphatic rings. The van der Waals surface area contributed by atoms with Crippen molar-refractivity contribution in [2.45, 2.75) is 33.0 Å². The zero-order chi connectivity index (χ0) is 15.1. The summed E-state index contributed by atoms with van der Waals surface area (Å²) in [6, 6.07) is 8.93. The summed E-state index contributed by atoms with van der Waals surface area (Å²) in [4.78, 5) is 2.04. The molecule has 0 bridgehead atoms. The Kier molecular flexibility index (Phi) is 5.96. The predicted octanol–water partition coefficient (Wildman–Crippen LogP) is 3.55. The van der Waals surface area contributed by atoms with E-state index in [1.807, 2.05) is 24.1 Å². The lowest BCUT2D eigenvalue weighted by molar-refractivity contribution is 0.284. The first-order valence-corrected chi connectivity index (χ1v) is 7.38. The molecule has 3 nitrogen and oxygen atoms in total. The Morgan fingerprint density at radius 3 is 2.81 bits per heavy atom. The Balaban J connectivity index is 1.85. The lowest BCUT2D eigenvalue weighted by atomic mass is 10.2. The van der Waals surface area contributed by atoms with Crippen molar-refractivity contribution in [2.24, 2.45) is 0 Å². The van der Waals surface area contributed by atoms with E-state index >= 15 is 0 Å². The molecule has 1 aromatic heterocycles. The standard InChI is InChI=1S/C17H23FN2O/c1-3-8-19-10-14-9-16(21-13-14)12-20(2)11-15-6-4-5-7-17(15)18/h4-7,9,13,19H,3,8,10-12H2,1-2H3. The molecule has 0 saturated carbocycles. The average Bonchev–Trinajstić information content (AvgIpc) is 2.89. The van der Waals surface area contributed by atoms with Crippen LogP contribution in [0.5, 0.6) is 0 Å². The number of halogens is 1. The Hall–Kier alpha value is -1.65. The second kappa shape index (κ2) is 7.96. The molecule has 0 unspecified atom stereocenters. The van der Waals surface area contributed by atoms with Crippen LogP contribution in [0.15, 0.2) is 41.0 Å². The predicted molar refractivity (Wildman–Crippen MR) is 82.3 cm³/mol. The van der Waals surface area contributed by atoms with Crippen LogP contribution in [0, 0.1) is 5.82 Å². The number of nitrogens with zero attached hydrogens (tertiary/aromatic N) is 1. The maximum absolute atomic E-state index is 13.6. The molecule has 0 spiro atoms. The van der Waals surface area contributed by atoms with Crippen molar-refractivity contribution < 1.29 is 8.81 Å². The molecule has 0 aliphatic carbocycles. The summed E-state index contributed by atoms with van der Waals surface area (Å²) < 4.78 is 19.2. The number of rotatable bonds is 8. The van der Waals surface area contributed by atoms with Crippen LogP contribution in [0.1, 0.15) is 30.2 Å². The van der Waals surface area contributed by atoms with E-state index in [2.05, 4.69) is 18.3 Å². The highest BCUT2D eigenvalue weighted by Crippen LogP contribution is 2.13. The van der Waals surface area contributed by atoms with Gasteiger partial charge in [0.15, 0.2) is 0 Å². The Morgan fingerprint density at radius 2 is 2.05 bits per heavy atom. The highest BCUT2D eigenvalue weighted by Gasteiger charge is 2.08. The minimum atomic E-state index is -0.159. The summed E-state index contributed by atoms with van der Waals surface area (Å²) in [5, 5.41) is 3.34. The van der Waals surface area contributed by atoms with E-state index in [9.17, 15) is 4.39 Å². The fourth-order valence-corrected chi connectivity index (χ4v) is 2.25. The smallest absolute Gasteiger partial charge is 0.127 e. The monoisotopic (exact) mass is 290 g/mol. The summed E-state index contributed by atoms with van der Waals surface area (Å²) >= 11 is 0. The molecule has 0 amide bonds. The van der Waals surface area contributed by atoms with Gasteiger partial charge in [-0.25, -0.2) is 4.39 Å². The molecular formula is C17H23FN2O. The normalized spacial score (nSPS) is 11.2. The first-order chi connectivity index (χ1) is 10.2. The molecule has 1 heterocycles. The summed E-state index contributed by atoms with van der Waals surface area (Å²) in [6.45, 7) is 5.21. The van der Waals surface area contributed by atoms with Crippen LogP contribution in [-0.2, 0) is 19.6 Å². The summed E-state index contributed by atoms with van der Waals surface area (Å²) in [7, 11) is 1.96. The highest BCUT2D eigenvalue weighted by atomic mass is 19.1. The second-order valence-corrected chi connectivity index (χ2v) is 5.36. The fraction of sp³-hybridized carbons (Fsp3) is 0.412. The van der Waals surface area contributed by atoms with E-state index in [0.717, 1.165) is 30.8 Å². The third kappa shape index (κ3) is 4.99. The molecular weight excluding hydrogens is 267 g/mol. The number of hydrogen-bond donors (Lipinski definition) is 1. The van der Waals surface area contributed by atoms with Gasteiger partial charge in [-0.05, 0) is 32.1 Å². The maximum Gasteiger partial charge on any atom is 0.127 e. The molecule has 114 valence electrons.